The fourth-order valence-corrected chi connectivity index (χ4v) is 4.97. The zero-order valence-corrected chi connectivity index (χ0v) is 20.6. The largest absolute Gasteiger partial charge is 0.478 e. The zero-order chi connectivity index (χ0) is 24.6. The predicted molar refractivity (Wildman–Crippen MR) is 122 cm³/mol. The van der Waals surface area contributed by atoms with Crippen LogP contribution in [0.25, 0.3) is 0 Å². The number of carboxylic acid groups (broad SMARTS) is 1. The average molecular weight is 528 g/mol. The number of halogens is 4. The maximum Gasteiger partial charge on any atom is 0.338 e. The van der Waals surface area contributed by atoms with Crippen LogP contribution >= 0.6 is 46.4 Å². The maximum atomic E-state index is 12.5. The summed E-state index contributed by atoms with van der Waals surface area (Å²) in [6.07, 6.45) is 1.17. The van der Waals surface area contributed by atoms with Gasteiger partial charge < -0.3 is 15.7 Å². The number of hydrazine groups is 1. The van der Waals surface area contributed by atoms with Gasteiger partial charge in [-0.15, -0.1) is 0 Å². The number of hydrogen-bond donors (Lipinski definition) is 5. The van der Waals surface area contributed by atoms with Gasteiger partial charge in [0.2, 0.25) is 0 Å². The molecule has 0 aliphatic carbocycles. The number of amides is 3. The standard InChI is InChI=1S/C19H22Cl4N4O5/c1-18(2)5-7(6-19(3,4)27-18)24-15(29)16(30)26-25-14(28)8-9(17(31)32)11(21)13(23)12(22)10(8)20/h7,27H,5-6H2,1-4H3,(H,24,29)(H,25,28)(H,26,30)(H,31,32). The first-order valence-corrected chi connectivity index (χ1v) is 10.9. The van der Waals surface area contributed by atoms with Crippen LogP contribution in [-0.2, 0) is 9.59 Å². The highest BCUT2D eigenvalue weighted by Gasteiger charge is 2.38. The van der Waals surface area contributed by atoms with Gasteiger partial charge in [-0.1, -0.05) is 46.4 Å². The van der Waals surface area contributed by atoms with E-state index in [0.29, 0.717) is 12.8 Å². The molecule has 1 aliphatic heterocycles. The third kappa shape index (κ3) is 5.96. The summed E-state index contributed by atoms with van der Waals surface area (Å²) in [6.45, 7) is 7.94. The molecule has 0 spiro atoms. The van der Waals surface area contributed by atoms with Gasteiger partial charge in [0, 0.05) is 17.1 Å². The van der Waals surface area contributed by atoms with E-state index in [1.54, 1.807) is 0 Å². The molecule has 2 rings (SSSR count). The fourth-order valence-electron chi connectivity index (χ4n) is 3.95. The molecule has 0 unspecified atom stereocenters. The van der Waals surface area contributed by atoms with E-state index >= 15 is 0 Å². The minimum absolute atomic E-state index is 0.262. The maximum absolute atomic E-state index is 12.5. The van der Waals surface area contributed by atoms with Gasteiger partial charge in [-0.25, -0.2) is 4.79 Å². The van der Waals surface area contributed by atoms with E-state index in [1.165, 1.54) is 0 Å². The van der Waals surface area contributed by atoms with Crippen LogP contribution in [-0.4, -0.2) is 45.9 Å². The van der Waals surface area contributed by atoms with E-state index in [9.17, 15) is 24.3 Å². The quantitative estimate of drug-likeness (QED) is 0.177. The van der Waals surface area contributed by atoms with Crippen molar-refractivity contribution < 1.29 is 24.3 Å². The lowest BCUT2D eigenvalue weighted by atomic mass is 9.79. The van der Waals surface area contributed by atoms with E-state index in [1.807, 2.05) is 38.5 Å². The highest BCUT2D eigenvalue weighted by atomic mass is 35.5. The lowest BCUT2D eigenvalue weighted by molar-refractivity contribution is -0.140. The number of hydrogen-bond acceptors (Lipinski definition) is 5. The Morgan fingerprint density at radius 1 is 0.812 bits per heavy atom. The topological polar surface area (TPSA) is 137 Å². The molecule has 1 saturated heterocycles. The van der Waals surface area contributed by atoms with E-state index in [-0.39, 0.29) is 27.2 Å². The Balaban J connectivity index is 2.11. The molecule has 1 aromatic carbocycles. The second kappa shape index (κ2) is 9.61. The van der Waals surface area contributed by atoms with Gasteiger partial charge in [0.05, 0.1) is 31.2 Å². The first-order valence-electron chi connectivity index (χ1n) is 9.36. The molecule has 1 aliphatic rings. The van der Waals surface area contributed by atoms with Gasteiger partial charge >= 0.3 is 17.8 Å². The smallest absolute Gasteiger partial charge is 0.338 e. The summed E-state index contributed by atoms with van der Waals surface area (Å²) < 4.78 is 0. The Morgan fingerprint density at radius 2 is 1.28 bits per heavy atom. The number of carbonyl (C=O) groups is 4. The fraction of sp³-hybridized carbons (Fsp3) is 0.474. The van der Waals surface area contributed by atoms with Crippen LogP contribution in [0.15, 0.2) is 0 Å². The number of rotatable bonds is 3. The normalized spacial score (nSPS) is 17.4. The molecule has 0 saturated carbocycles. The molecule has 0 atom stereocenters. The van der Waals surface area contributed by atoms with Crippen molar-refractivity contribution >= 4 is 70.1 Å². The van der Waals surface area contributed by atoms with Gasteiger partial charge in [-0.3, -0.25) is 25.2 Å². The number of benzene rings is 1. The summed E-state index contributed by atoms with van der Waals surface area (Å²) >= 11 is 23.6. The summed E-state index contributed by atoms with van der Waals surface area (Å²) in [5, 5.41) is 13.8. The first kappa shape index (κ1) is 26.5. The average Bonchev–Trinajstić information content (AvgIpc) is 2.63. The molecule has 0 radical (unpaired) electrons. The molecule has 5 N–H and O–H groups in total. The van der Waals surface area contributed by atoms with E-state index in [4.69, 9.17) is 46.4 Å². The minimum atomic E-state index is -1.60. The van der Waals surface area contributed by atoms with Crippen molar-refractivity contribution in [3.8, 4) is 0 Å². The Morgan fingerprint density at radius 3 is 1.75 bits per heavy atom. The Hall–Kier alpha value is -1.78. The van der Waals surface area contributed by atoms with Crippen molar-refractivity contribution in [1.82, 2.24) is 21.5 Å². The second-order valence-electron chi connectivity index (χ2n) is 8.69. The molecule has 1 fully saturated rings. The van der Waals surface area contributed by atoms with Crippen molar-refractivity contribution in [2.45, 2.75) is 57.7 Å². The van der Waals surface area contributed by atoms with Crippen LogP contribution in [0.5, 0.6) is 0 Å². The van der Waals surface area contributed by atoms with E-state index in [2.05, 4.69) is 10.6 Å². The van der Waals surface area contributed by atoms with Crippen LogP contribution in [0.4, 0.5) is 0 Å². The highest BCUT2D eigenvalue weighted by molar-refractivity contribution is 6.54. The van der Waals surface area contributed by atoms with Crippen molar-refractivity contribution in [3.05, 3.63) is 31.2 Å². The van der Waals surface area contributed by atoms with E-state index in [0.717, 1.165) is 0 Å². The molecule has 0 aromatic heterocycles. The molecule has 9 nitrogen and oxygen atoms in total. The summed E-state index contributed by atoms with van der Waals surface area (Å²) in [7, 11) is 0. The summed E-state index contributed by atoms with van der Waals surface area (Å²) in [5.41, 5.74) is 2.01. The Bertz CT molecular complexity index is 981. The molecule has 0 bridgehead atoms. The van der Waals surface area contributed by atoms with Crippen molar-refractivity contribution in [3.63, 3.8) is 0 Å². The number of piperidine rings is 1. The minimum Gasteiger partial charge on any atom is -0.478 e. The monoisotopic (exact) mass is 526 g/mol. The van der Waals surface area contributed by atoms with Gasteiger partial charge in [0.1, 0.15) is 0 Å². The molecular weight excluding hydrogens is 506 g/mol. The van der Waals surface area contributed by atoms with Crippen molar-refractivity contribution in [2.75, 3.05) is 0 Å². The zero-order valence-electron chi connectivity index (χ0n) is 17.6. The lowest BCUT2D eigenvalue weighted by Gasteiger charge is -2.46. The van der Waals surface area contributed by atoms with Crippen LogP contribution in [0, 0.1) is 0 Å². The number of aromatic carboxylic acids is 1. The van der Waals surface area contributed by atoms with E-state index < -0.39 is 44.9 Å². The molecule has 176 valence electrons. The second-order valence-corrected chi connectivity index (χ2v) is 10.2. The Kier molecular flexibility index (Phi) is 7.95. The number of carbonyl (C=O) groups excluding carboxylic acids is 3. The first-order chi connectivity index (χ1) is 14.6. The van der Waals surface area contributed by atoms with Crippen LogP contribution in [0.3, 0.4) is 0 Å². The van der Waals surface area contributed by atoms with Crippen LogP contribution in [0.2, 0.25) is 20.1 Å². The van der Waals surface area contributed by atoms with Crippen LogP contribution < -0.4 is 21.5 Å². The third-order valence-electron chi connectivity index (χ3n) is 4.73. The predicted octanol–water partition coefficient (Wildman–Crippen LogP) is 3.18. The SMILES string of the molecule is CC1(C)CC(NC(=O)C(=O)NNC(=O)c2c(Cl)c(Cl)c(Cl)c(Cl)c2C(=O)O)CC(C)(C)N1. The number of carboxylic acids is 1. The molecule has 1 heterocycles. The highest BCUT2D eigenvalue weighted by Crippen LogP contribution is 2.41. The van der Waals surface area contributed by atoms with Gasteiger partial charge in [0.25, 0.3) is 5.91 Å². The van der Waals surface area contributed by atoms with Crippen molar-refractivity contribution in [2.24, 2.45) is 0 Å². The number of nitrogens with one attached hydrogen (secondary N) is 4. The molecular formula is C19H22Cl4N4O5. The van der Waals surface area contributed by atoms with Crippen LogP contribution in [0.1, 0.15) is 61.3 Å². The molecule has 1 aromatic rings. The van der Waals surface area contributed by atoms with Gasteiger partial charge in [-0.2, -0.15) is 0 Å². The molecule has 13 heteroatoms. The molecule has 3 amide bonds. The summed E-state index contributed by atoms with van der Waals surface area (Å²) in [4.78, 5) is 48.6. The molecule has 32 heavy (non-hydrogen) atoms. The summed E-state index contributed by atoms with van der Waals surface area (Å²) in [6, 6.07) is -0.280. The van der Waals surface area contributed by atoms with Gasteiger partial charge in [0.15, 0.2) is 0 Å². The summed E-state index contributed by atoms with van der Waals surface area (Å²) in [5.74, 6) is -4.88. The van der Waals surface area contributed by atoms with Gasteiger partial charge in [-0.05, 0) is 40.5 Å². The lowest BCUT2D eigenvalue weighted by Crippen LogP contribution is -2.63. The Labute approximate surface area is 204 Å². The third-order valence-corrected chi connectivity index (χ3v) is 6.53. The van der Waals surface area contributed by atoms with Crippen molar-refractivity contribution in [1.29, 1.82) is 0 Å².